The number of hydrogen-bond acceptors (Lipinski definition) is 10. The molecule has 15 heteroatoms. The van der Waals surface area contributed by atoms with E-state index in [-0.39, 0.29) is 24.5 Å². The highest BCUT2D eigenvalue weighted by Crippen LogP contribution is 2.57. The van der Waals surface area contributed by atoms with Gasteiger partial charge in [0.15, 0.2) is 17.4 Å². The van der Waals surface area contributed by atoms with Crippen LogP contribution < -0.4 is 15.6 Å². The maximum atomic E-state index is 13.5. The number of rotatable bonds is 6. The third-order valence-electron chi connectivity index (χ3n) is 6.52. The minimum Gasteiger partial charge on any atom is -0.476 e. The molecule has 184 valence electrons. The maximum Gasteiger partial charge on any atom is 0.406 e. The van der Waals surface area contributed by atoms with Gasteiger partial charge >= 0.3 is 7.75 Å². The van der Waals surface area contributed by atoms with E-state index < -0.39 is 31.7 Å². The summed E-state index contributed by atoms with van der Waals surface area (Å²) in [5.74, 6) is 0.241. The molecule has 4 heterocycles. The van der Waals surface area contributed by atoms with E-state index in [1.165, 1.54) is 6.33 Å². The predicted molar refractivity (Wildman–Crippen MR) is 121 cm³/mol. The zero-order chi connectivity index (χ0) is 23.9. The van der Waals surface area contributed by atoms with Gasteiger partial charge < -0.3 is 15.2 Å². The smallest absolute Gasteiger partial charge is 0.406 e. The number of fused-ring (bicyclic) bond motifs is 2. The lowest BCUT2D eigenvalue weighted by Crippen LogP contribution is -2.48. The van der Waals surface area contributed by atoms with Crippen molar-refractivity contribution in [3.05, 3.63) is 16.8 Å². The standard InChI is InChI=1S/C19H28N9O5P/c1-3-30-16-13-15(23-18(20)24-16)28(10-22-13)17-19(2,26-27-21)14-12(32-17)9-31-34(29,33-14)25-11-7-5-4-6-8-11/h10-12,14,17H,3-9H2,1-2H3,(H,25,29)(H2,20,23,24)/t12-,14-,17-,19-,34?/m1/s1. The van der Waals surface area contributed by atoms with Crippen LogP contribution in [0.1, 0.15) is 52.2 Å². The molecule has 0 aromatic carbocycles. The van der Waals surface area contributed by atoms with Crippen LogP contribution in [-0.4, -0.2) is 56.5 Å². The highest BCUT2D eigenvalue weighted by atomic mass is 31.2. The van der Waals surface area contributed by atoms with Crippen molar-refractivity contribution in [2.75, 3.05) is 18.9 Å². The largest absolute Gasteiger partial charge is 0.476 e. The summed E-state index contributed by atoms with van der Waals surface area (Å²) in [5.41, 5.74) is 14.7. The lowest BCUT2D eigenvalue weighted by atomic mass is 9.93. The molecule has 0 radical (unpaired) electrons. The van der Waals surface area contributed by atoms with E-state index in [9.17, 15) is 10.1 Å². The Kier molecular flexibility index (Phi) is 6.13. The van der Waals surface area contributed by atoms with Gasteiger partial charge in [-0.15, -0.1) is 0 Å². The Morgan fingerprint density at radius 3 is 2.94 bits per heavy atom. The van der Waals surface area contributed by atoms with Gasteiger partial charge in [0.25, 0.3) is 0 Å². The first kappa shape index (κ1) is 23.3. The molecule has 3 N–H and O–H groups in total. The third kappa shape index (κ3) is 4.00. The molecule has 5 atom stereocenters. The molecule has 2 aromatic heterocycles. The number of nitrogens with two attached hydrogens (primary N) is 1. The van der Waals surface area contributed by atoms with Crippen LogP contribution in [0.4, 0.5) is 5.95 Å². The van der Waals surface area contributed by atoms with Crippen LogP contribution in [0, 0.1) is 0 Å². The SMILES string of the molecule is CCOc1nc(N)nc2c1ncn2[C@@H]1O[C@@H]2COP(=O)(NC3CCCCC3)O[C@H]2[C@@]1(C)N=[N+]=[N-]. The Morgan fingerprint density at radius 2 is 2.21 bits per heavy atom. The first-order valence-corrected chi connectivity index (χ1v) is 13.0. The lowest BCUT2D eigenvalue weighted by molar-refractivity contribution is -0.0590. The van der Waals surface area contributed by atoms with E-state index in [4.69, 9.17) is 24.3 Å². The first-order chi connectivity index (χ1) is 16.4. The number of azide groups is 1. The van der Waals surface area contributed by atoms with Gasteiger partial charge in [0.05, 0.1) is 19.5 Å². The summed E-state index contributed by atoms with van der Waals surface area (Å²) in [7, 11) is -3.64. The second kappa shape index (κ2) is 8.95. The first-order valence-electron chi connectivity index (χ1n) is 11.4. The molecule has 2 saturated heterocycles. The van der Waals surface area contributed by atoms with E-state index in [1.54, 1.807) is 11.5 Å². The van der Waals surface area contributed by atoms with E-state index in [1.807, 2.05) is 6.92 Å². The number of anilines is 1. The van der Waals surface area contributed by atoms with E-state index >= 15 is 0 Å². The summed E-state index contributed by atoms with van der Waals surface area (Å²) in [6.07, 6.45) is 4.26. The Hall–Kier alpha value is -2.47. The van der Waals surface area contributed by atoms with Gasteiger partial charge in [-0.05, 0) is 32.2 Å². The van der Waals surface area contributed by atoms with Crippen molar-refractivity contribution < 1.29 is 23.1 Å². The number of nitrogens with zero attached hydrogens (tertiary/aromatic N) is 7. The molecule has 34 heavy (non-hydrogen) atoms. The number of nitrogens with one attached hydrogen (secondary N) is 1. The monoisotopic (exact) mass is 493 g/mol. The fourth-order valence-electron chi connectivity index (χ4n) is 4.93. The van der Waals surface area contributed by atoms with Crippen molar-refractivity contribution in [2.24, 2.45) is 5.11 Å². The molecule has 3 fully saturated rings. The highest BCUT2D eigenvalue weighted by Gasteiger charge is 2.60. The number of ether oxygens (including phenoxy) is 2. The number of hydrogen-bond donors (Lipinski definition) is 2. The number of nitrogen functional groups attached to an aromatic ring is 1. The quantitative estimate of drug-likeness (QED) is 0.262. The highest BCUT2D eigenvalue weighted by molar-refractivity contribution is 7.51. The Labute approximate surface area is 195 Å². The van der Waals surface area contributed by atoms with Crippen LogP contribution in [0.2, 0.25) is 0 Å². The van der Waals surface area contributed by atoms with E-state index in [0.717, 1.165) is 32.1 Å². The lowest BCUT2D eigenvalue weighted by Gasteiger charge is -2.37. The minimum absolute atomic E-state index is 0.000586. The van der Waals surface area contributed by atoms with Crippen molar-refractivity contribution in [2.45, 2.75) is 76.0 Å². The van der Waals surface area contributed by atoms with Crippen molar-refractivity contribution in [1.82, 2.24) is 24.6 Å². The molecule has 1 aliphatic carbocycles. The van der Waals surface area contributed by atoms with Crippen molar-refractivity contribution in [3.8, 4) is 5.88 Å². The molecule has 0 amide bonds. The molecule has 2 aromatic rings. The van der Waals surface area contributed by atoms with Crippen LogP contribution in [0.3, 0.4) is 0 Å². The zero-order valence-electron chi connectivity index (χ0n) is 19.0. The van der Waals surface area contributed by atoms with Crippen LogP contribution >= 0.6 is 7.75 Å². The van der Waals surface area contributed by atoms with E-state index in [2.05, 4.69) is 30.1 Å². The van der Waals surface area contributed by atoms with Gasteiger partial charge in [0, 0.05) is 11.0 Å². The molecule has 3 aliphatic rings. The average molecular weight is 493 g/mol. The van der Waals surface area contributed by atoms with Gasteiger partial charge in [-0.1, -0.05) is 24.4 Å². The maximum absolute atomic E-state index is 13.5. The summed E-state index contributed by atoms with van der Waals surface area (Å²) in [4.78, 5) is 15.8. The van der Waals surface area contributed by atoms with Gasteiger partial charge in [-0.2, -0.15) is 9.97 Å². The summed E-state index contributed by atoms with van der Waals surface area (Å²) in [6, 6.07) is 0.0502. The second-order valence-electron chi connectivity index (χ2n) is 8.87. The van der Waals surface area contributed by atoms with Crippen LogP contribution in [0.25, 0.3) is 21.6 Å². The van der Waals surface area contributed by atoms with Crippen molar-refractivity contribution >= 4 is 24.9 Å². The molecule has 14 nitrogen and oxygen atoms in total. The minimum atomic E-state index is -3.64. The molecule has 5 rings (SSSR count). The third-order valence-corrected chi connectivity index (χ3v) is 8.20. The zero-order valence-corrected chi connectivity index (χ0v) is 19.9. The van der Waals surface area contributed by atoms with Gasteiger partial charge in [-0.3, -0.25) is 13.6 Å². The summed E-state index contributed by atoms with van der Waals surface area (Å²) < 4.78 is 38.5. The second-order valence-corrected chi connectivity index (χ2v) is 10.6. The van der Waals surface area contributed by atoms with Crippen LogP contribution in [-0.2, 0) is 18.3 Å². The fourth-order valence-corrected chi connectivity index (χ4v) is 6.83. The van der Waals surface area contributed by atoms with Gasteiger partial charge in [0.2, 0.25) is 11.8 Å². The molecular weight excluding hydrogens is 465 g/mol. The topological polar surface area (TPSA) is 184 Å². The molecule has 1 saturated carbocycles. The van der Waals surface area contributed by atoms with Gasteiger partial charge in [-0.25, -0.2) is 14.6 Å². The van der Waals surface area contributed by atoms with Gasteiger partial charge in [0.1, 0.15) is 17.7 Å². The average Bonchev–Trinajstić information content (AvgIpc) is 3.33. The number of aromatic nitrogens is 4. The molecule has 2 aliphatic heterocycles. The summed E-state index contributed by atoms with van der Waals surface area (Å²) >= 11 is 0. The Balaban J connectivity index is 1.49. The van der Waals surface area contributed by atoms with Crippen LogP contribution in [0.5, 0.6) is 5.88 Å². The summed E-state index contributed by atoms with van der Waals surface area (Å²) in [5, 5.41) is 7.13. The molecular formula is C19H28N9O5P. The molecule has 0 spiro atoms. The molecule has 0 bridgehead atoms. The van der Waals surface area contributed by atoms with Crippen molar-refractivity contribution in [3.63, 3.8) is 0 Å². The molecule has 1 unspecified atom stereocenters. The Morgan fingerprint density at radius 1 is 1.41 bits per heavy atom. The summed E-state index contributed by atoms with van der Waals surface area (Å²) in [6.45, 7) is 3.90. The number of imidazole rings is 1. The fraction of sp³-hybridized carbons (Fsp3) is 0.737. The normalized spacial score (nSPS) is 34.0. The Bertz CT molecular complexity index is 1160. The van der Waals surface area contributed by atoms with Crippen molar-refractivity contribution in [1.29, 1.82) is 0 Å². The van der Waals surface area contributed by atoms with E-state index in [0.29, 0.717) is 17.8 Å². The van der Waals surface area contributed by atoms with Crippen LogP contribution in [0.15, 0.2) is 11.4 Å². The predicted octanol–water partition coefficient (Wildman–Crippen LogP) is 3.22.